The van der Waals surface area contributed by atoms with Crippen LogP contribution in [0.4, 0.5) is 10.5 Å². The Bertz CT molecular complexity index is 391. The highest BCUT2D eigenvalue weighted by Crippen LogP contribution is 2.19. The first kappa shape index (κ1) is 11.6. The van der Waals surface area contributed by atoms with Crippen LogP contribution in [0.3, 0.4) is 0 Å². The number of hydrogen-bond acceptors (Lipinski definition) is 3. The molecule has 3 N–H and O–H groups in total. The quantitative estimate of drug-likeness (QED) is 0.767. The summed E-state index contributed by atoms with van der Waals surface area (Å²) in [7, 11) is 0. The fourth-order valence-electron chi connectivity index (χ4n) is 1.95. The first-order chi connectivity index (χ1) is 8.15. The first-order valence-corrected chi connectivity index (χ1v) is 5.65. The lowest BCUT2D eigenvalue weighted by molar-refractivity contribution is 0.0792. The van der Waals surface area contributed by atoms with Crippen LogP contribution in [0.15, 0.2) is 24.3 Å². The van der Waals surface area contributed by atoms with E-state index in [0.717, 1.165) is 18.6 Å². The summed E-state index contributed by atoms with van der Waals surface area (Å²) in [5, 5.41) is 8.91. The first-order valence-electron chi connectivity index (χ1n) is 5.65. The molecule has 1 atom stereocenters. The molecule has 0 bridgehead atoms. The molecule has 1 aromatic carbocycles. The van der Waals surface area contributed by atoms with Crippen LogP contribution in [-0.4, -0.2) is 35.3 Å². The maximum Gasteiger partial charge on any atom is 0.407 e. The normalized spacial score (nSPS) is 20.0. The molecule has 1 aliphatic heterocycles. The molecule has 0 saturated carbocycles. The molecular formula is C12H16N2O3. The zero-order valence-electron chi connectivity index (χ0n) is 9.50. The van der Waals surface area contributed by atoms with E-state index in [1.165, 1.54) is 4.90 Å². The summed E-state index contributed by atoms with van der Waals surface area (Å²) in [6, 6.07) is 7.14. The molecule has 1 aliphatic rings. The summed E-state index contributed by atoms with van der Waals surface area (Å²) >= 11 is 0. The Hall–Kier alpha value is -1.91. The number of hydrogen-bond donors (Lipinski definition) is 2. The molecular weight excluding hydrogens is 220 g/mol. The zero-order valence-corrected chi connectivity index (χ0v) is 9.50. The number of likely N-dealkylation sites (tertiary alicyclic amines) is 1. The predicted molar refractivity (Wildman–Crippen MR) is 64.1 cm³/mol. The number of carbonyl (C=O) groups is 1. The van der Waals surface area contributed by atoms with Gasteiger partial charge in [-0.3, -0.25) is 0 Å². The second kappa shape index (κ2) is 4.95. The SMILES string of the molecule is Nc1ccc(O[C@H]2CCCN(C(=O)O)C2)cc1. The average molecular weight is 236 g/mol. The highest BCUT2D eigenvalue weighted by Gasteiger charge is 2.24. The highest BCUT2D eigenvalue weighted by atomic mass is 16.5. The van der Waals surface area contributed by atoms with Crippen molar-refractivity contribution in [2.24, 2.45) is 0 Å². The van der Waals surface area contributed by atoms with Gasteiger partial charge in [-0.1, -0.05) is 0 Å². The third-order valence-electron chi connectivity index (χ3n) is 2.83. The molecule has 1 saturated heterocycles. The number of piperidine rings is 1. The van der Waals surface area contributed by atoms with E-state index in [9.17, 15) is 4.79 Å². The van der Waals surface area contributed by atoms with Gasteiger partial charge in [0.1, 0.15) is 11.9 Å². The van der Waals surface area contributed by atoms with Gasteiger partial charge in [0, 0.05) is 12.2 Å². The minimum Gasteiger partial charge on any atom is -0.489 e. The van der Waals surface area contributed by atoms with Gasteiger partial charge in [-0.05, 0) is 37.1 Å². The van der Waals surface area contributed by atoms with Gasteiger partial charge in [-0.15, -0.1) is 0 Å². The summed E-state index contributed by atoms with van der Waals surface area (Å²) in [4.78, 5) is 12.2. The molecule has 5 nitrogen and oxygen atoms in total. The van der Waals surface area contributed by atoms with E-state index in [0.29, 0.717) is 18.8 Å². The van der Waals surface area contributed by atoms with E-state index in [1.54, 1.807) is 24.3 Å². The largest absolute Gasteiger partial charge is 0.489 e. The number of anilines is 1. The van der Waals surface area contributed by atoms with Crippen LogP contribution in [0.2, 0.25) is 0 Å². The van der Waals surface area contributed by atoms with Crippen molar-refractivity contribution in [1.29, 1.82) is 0 Å². The molecule has 0 aliphatic carbocycles. The number of nitrogens with two attached hydrogens (primary N) is 1. The van der Waals surface area contributed by atoms with Crippen LogP contribution in [-0.2, 0) is 0 Å². The Morgan fingerprint density at radius 1 is 1.41 bits per heavy atom. The molecule has 17 heavy (non-hydrogen) atoms. The van der Waals surface area contributed by atoms with Gasteiger partial charge in [-0.25, -0.2) is 4.79 Å². The van der Waals surface area contributed by atoms with Crippen molar-refractivity contribution in [2.75, 3.05) is 18.8 Å². The third kappa shape index (κ3) is 3.03. The van der Waals surface area contributed by atoms with E-state index >= 15 is 0 Å². The van der Waals surface area contributed by atoms with E-state index < -0.39 is 6.09 Å². The van der Waals surface area contributed by atoms with Gasteiger partial charge in [0.25, 0.3) is 0 Å². The van der Waals surface area contributed by atoms with Gasteiger partial charge >= 0.3 is 6.09 Å². The Labute approximate surface area is 99.8 Å². The molecule has 0 spiro atoms. The minimum atomic E-state index is -0.879. The Morgan fingerprint density at radius 2 is 2.12 bits per heavy atom. The smallest absolute Gasteiger partial charge is 0.407 e. The van der Waals surface area contributed by atoms with Crippen LogP contribution in [0.5, 0.6) is 5.75 Å². The second-order valence-corrected chi connectivity index (χ2v) is 4.18. The van der Waals surface area contributed by atoms with E-state index in [2.05, 4.69) is 0 Å². The van der Waals surface area contributed by atoms with Gasteiger partial charge < -0.3 is 20.5 Å². The lowest BCUT2D eigenvalue weighted by Crippen LogP contribution is -2.43. The summed E-state index contributed by atoms with van der Waals surface area (Å²) in [6.07, 6.45) is 0.777. The molecule has 2 rings (SSSR count). The number of amides is 1. The molecule has 1 heterocycles. The topological polar surface area (TPSA) is 75.8 Å². The van der Waals surface area contributed by atoms with Crippen LogP contribution in [0.1, 0.15) is 12.8 Å². The molecule has 92 valence electrons. The Balaban J connectivity index is 1.94. The monoisotopic (exact) mass is 236 g/mol. The van der Waals surface area contributed by atoms with Crippen molar-refractivity contribution in [3.63, 3.8) is 0 Å². The molecule has 0 aromatic heterocycles. The van der Waals surface area contributed by atoms with E-state index in [-0.39, 0.29) is 6.10 Å². The highest BCUT2D eigenvalue weighted by molar-refractivity contribution is 5.65. The van der Waals surface area contributed by atoms with Crippen LogP contribution >= 0.6 is 0 Å². The maximum atomic E-state index is 10.9. The average Bonchev–Trinajstić information content (AvgIpc) is 2.32. The van der Waals surface area contributed by atoms with E-state index in [1.807, 2.05) is 0 Å². The molecule has 1 amide bonds. The van der Waals surface area contributed by atoms with E-state index in [4.69, 9.17) is 15.6 Å². The summed E-state index contributed by atoms with van der Waals surface area (Å²) in [5.41, 5.74) is 6.27. The molecule has 1 fully saturated rings. The van der Waals surface area contributed by atoms with Crippen molar-refractivity contribution in [3.05, 3.63) is 24.3 Å². The maximum absolute atomic E-state index is 10.9. The standard InChI is InChI=1S/C12H16N2O3/c13-9-3-5-10(6-4-9)17-11-2-1-7-14(8-11)12(15)16/h3-6,11H,1-2,7-8,13H2,(H,15,16)/t11-/m0/s1. The summed E-state index contributed by atoms with van der Waals surface area (Å²) in [5.74, 6) is 0.733. The number of ether oxygens (including phenoxy) is 1. The van der Waals surface area contributed by atoms with Crippen molar-refractivity contribution < 1.29 is 14.6 Å². The van der Waals surface area contributed by atoms with Crippen molar-refractivity contribution in [3.8, 4) is 5.75 Å². The third-order valence-corrected chi connectivity index (χ3v) is 2.83. The summed E-state index contributed by atoms with van der Waals surface area (Å²) in [6.45, 7) is 1.02. The minimum absolute atomic E-state index is 0.0662. The van der Waals surface area contributed by atoms with Gasteiger partial charge in [-0.2, -0.15) is 0 Å². The summed E-state index contributed by atoms with van der Waals surface area (Å²) < 4.78 is 5.73. The Morgan fingerprint density at radius 3 is 2.76 bits per heavy atom. The van der Waals surface area contributed by atoms with Gasteiger partial charge in [0.05, 0.1) is 6.54 Å². The number of rotatable bonds is 2. The number of carboxylic acid groups (broad SMARTS) is 1. The Kier molecular flexibility index (Phi) is 3.37. The number of benzene rings is 1. The second-order valence-electron chi connectivity index (χ2n) is 4.18. The molecule has 0 radical (unpaired) electrons. The van der Waals surface area contributed by atoms with Crippen molar-refractivity contribution in [1.82, 2.24) is 4.90 Å². The van der Waals surface area contributed by atoms with Gasteiger partial charge in [0.15, 0.2) is 0 Å². The van der Waals surface area contributed by atoms with Crippen LogP contribution in [0, 0.1) is 0 Å². The lowest BCUT2D eigenvalue weighted by atomic mass is 10.1. The number of nitrogens with zero attached hydrogens (tertiary/aromatic N) is 1. The fraction of sp³-hybridized carbons (Fsp3) is 0.417. The number of nitrogen functional groups attached to an aromatic ring is 1. The molecule has 0 unspecified atom stereocenters. The van der Waals surface area contributed by atoms with Crippen LogP contribution < -0.4 is 10.5 Å². The lowest BCUT2D eigenvalue weighted by Gasteiger charge is -2.30. The van der Waals surface area contributed by atoms with Crippen LogP contribution in [0.25, 0.3) is 0 Å². The molecule has 5 heteroatoms. The van der Waals surface area contributed by atoms with Crippen molar-refractivity contribution >= 4 is 11.8 Å². The van der Waals surface area contributed by atoms with Crippen molar-refractivity contribution in [2.45, 2.75) is 18.9 Å². The fourth-order valence-corrected chi connectivity index (χ4v) is 1.95. The van der Waals surface area contributed by atoms with Gasteiger partial charge in [0.2, 0.25) is 0 Å². The zero-order chi connectivity index (χ0) is 12.3. The molecule has 1 aromatic rings. The predicted octanol–water partition coefficient (Wildman–Crippen LogP) is 1.79.